The van der Waals surface area contributed by atoms with Crippen molar-refractivity contribution < 1.29 is 9.18 Å². The molecule has 0 unspecified atom stereocenters. The minimum atomic E-state index is -0.275. The fourth-order valence-electron chi connectivity index (χ4n) is 4.31. The van der Waals surface area contributed by atoms with Gasteiger partial charge in [-0.1, -0.05) is 25.1 Å². The normalized spacial score (nSPS) is 24.4. The lowest BCUT2D eigenvalue weighted by Gasteiger charge is -2.39. The number of benzene rings is 1. The van der Waals surface area contributed by atoms with Gasteiger partial charge in [0.25, 0.3) is 0 Å². The summed E-state index contributed by atoms with van der Waals surface area (Å²) in [6.07, 6.45) is 2.26. The van der Waals surface area contributed by atoms with Gasteiger partial charge in [0.15, 0.2) is 0 Å². The van der Waals surface area contributed by atoms with Crippen LogP contribution in [0.5, 0.6) is 0 Å². The highest BCUT2D eigenvalue weighted by molar-refractivity contribution is 5.79. The van der Waals surface area contributed by atoms with Crippen LogP contribution in [0.1, 0.15) is 42.5 Å². The second-order valence-corrected chi connectivity index (χ2v) is 7.77. The number of aromatic nitrogens is 1. The van der Waals surface area contributed by atoms with E-state index in [1.807, 2.05) is 11.8 Å². The third kappa shape index (κ3) is 3.18. The number of rotatable bonds is 2. The van der Waals surface area contributed by atoms with Crippen LogP contribution in [0.25, 0.3) is 0 Å². The molecule has 2 aliphatic heterocycles. The van der Waals surface area contributed by atoms with Crippen molar-refractivity contribution in [2.24, 2.45) is 0 Å². The van der Waals surface area contributed by atoms with Gasteiger partial charge >= 0.3 is 0 Å². The van der Waals surface area contributed by atoms with E-state index in [4.69, 9.17) is 0 Å². The van der Waals surface area contributed by atoms with Crippen molar-refractivity contribution in [2.45, 2.75) is 44.6 Å². The molecular formula is C21H24FN3O. The summed E-state index contributed by atoms with van der Waals surface area (Å²) in [7, 11) is 0. The van der Waals surface area contributed by atoms with Crippen LogP contribution in [-0.4, -0.2) is 34.4 Å². The van der Waals surface area contributed by atoms with Crippen molar-refractivity contribution in [3.63, 3.8) is 0 Å². The van der Waals surface area contributed by atoms with Gasteiger partial charge in [-0.05, 0) is 55.0 Å². The first-order chi connectivity index (χ1) is 12.4. The molecule has 2 aliphatic rings. The molecule has 26 heavy (non-hydrogen) atoms. The molecule has 1 saturated heterocycles. The second kappa shape index (κ2) is 6.38. The topological polar surface area (TPSA) is 45.2 Å². The summed E-state index contributed by atoms with van der Waals surface area (Å²) in [5.41, 5.74) is 3.02. The van der Waals surface area contributed by atoms with Crippen LogP contribution in [0, 0.1) is 12.7 Å². The summed E-state index contributed by atoms with van der Waals surface area (Å²) in [6.45, 7) is 5.69. The van der Waals surface area contributed by atoms with Crippen LogP contribution < -0.4 is 5.32 Å². The minimum Gasteiger partial charge on any atom is -0.363 e. The number of hydrogen-bond acceptors (Lipinski definition) is 3. The Hall–Kier alpha value is -2.43. The van der Waals surface area contributed by atoms with E-state index >= 15 is 0 Å². The van der Waals surface area contributed by atoms with Gasteiger partial charge in [0.05, 0.1) is 12.0 Å². The number of carbonyl (C=O) groups is 1. The first-order valence-corrected chi connectivity index (χ1v) is 9.22. The minimum absolute atomic E-state index is 0.0916. The highest BCUT2D eigenvalue weighted by Crippen LogP contribution is 2.42. The fourth-order valence-corrected chi connectivity index (χ4v) is 4.31. The Kier molecular flexibility index (Phi) is 4.17. The van der Waals surface area contributed by atoms with E-state index in [0.717, 1.165) is 36.5 Å². The van der Waals surface area contributed by atoms with E-state index in [1.54, 1.807) is 12.1 Å². The molecule has 0 saturated carbocycles. The number of fused-ring (bicyclic) bond motifs is 1. The van der Waals surface area contributed by atoms with E-state index < -0.39 is 0 Å². The standard InChI is InChI=1S/C21H24FN3O/c1-14-12-21(24-20-18(14)8-3-15(2)23-20)9-10-25(13-21)19(26)11-16-4-6-17(22)7-5-16/h3-8,14H,9-13H2,1-2H3,(H,23,24)/t14-,21+/m0/s1. The third-order valence-corrected chi connectivity index (χ3v) is 5.65. The predicted molar refractivity (Wildman–Crippen MR) is 99.7 cm³/mol. The summed E-state index contributed by atoms with van der Waals surface area (Å²) in [5.74, 6) is 1.22. The monoisotopic (exact) mass is 353 g/mol. The highest BCUT2D eigenvalue weighted by atomic mass is 19.1. The van der Waals surface area contributed by atoms with E-state index in [1.165, 1.54) is 17.7 Å². The number of nitrogens with zero attached hydrogens (tertiary/aromatic N) is 2. The van der Waals surface area contributed by atoms with Crippen molar-refractivity contribution in [3.05, 3.63) is 59.0 Å². The molecule has 0 bridgehead atoms. The molecular weight excluding hydrogens is 329 g/mol. The van der Waals surface area contributed by atoms with E-state index in [-0.39, 0.29) is 17.3 Å². The third-order valence-electron chi connectivity index (χ3n) is 5.65. The molecule has 2 atom stereocenters. The van der Waals surface area contributed by atoms with Crippen LogP contribution in [-0.2, 0) is 11.2 Å². The molecule has 4 nitrogen and oxygen atoms in total. The average Bonchev–Trinajstić information content (AvgIpc) is 2.99. The van der Waals surface area contributed by atoms with Gasteiger partial charge < -0.3 is 10.2 Å². The molecule has 4 rings (SSSR count). The molecule has 1 aromatic carbocycles. The van der Waals surface area contributed by atoms with E-state index in [2.05, 4.69) is 29.4 Å². The largest absolute Gasteiger partial charge is 0.363 e. The number of pyridine rings is 1. The van der Waals surface area contributed by atoms with Crippen molar-refractivity contribution in [1.29, 1.82) is 0 Å². The van der Waals surface area contributed by atoms with Crippen LogP contribution in [0.2, 0.25) is 0 Å². The van der Waals surface area contributed by atoms with Gasteiger partial charge in [0.1, 0.15) is 11.6 Å². The van der Waals surface area contributed by atoms with Crippen LogP contribution in [0.15, 0.2) is 36.4 Å². The molecule has 2 aromatic rings. The Morgan fingerprint density at radius 3 is 2.85 bits per heavy atom. The van der Waals surface area contributed by atoms with Crippen LogP contribution >= 0.6 is 0 Å². The van der Waals surface area contributed by atoms with Gasteiger partial charge in [-0.2, -0.15) is 0 Å². The summed E-state index contributed by atoms with van der Waals surface area (Å²) in [6, 6.07) is 10.4. The number of carbonyl (C=O) groups excluding carboxylic acids is 1. The SMILES string of the molecule is Cc1ccc2c(n1)N[C@]1(CCN(C(=O)Cc3ccc(F)cc3)C1)C[C@@H]2C. The number of aryl methyl sites for hydroxylation is 1. The predicted octanol–water partition coefficient (Wildman–Crippen LogP) is 3.66. The summed E-state index contributed by atoms with van der Waals surface area (Å²) in [5, 5.41) is 3.65. The molecule has 0 aliphatic carbocycles. The Bertz CT molecular complexity index is 836. The van der Waals surface area contributed by atoms with Crippen molar-refractivity contribution in [1.82, 2.24) is 9.88 Å². The molecule has 1 spiro atoms. The lowest BCUT2D eigenvalue weighted by Crippen LogP contribution is -2.46. The molecule has 5 heteroatoms. The number of nitrogens with one attached hydrogen (secondary N) is 1. The molecule has 1 amide bonds. The molecule has 1 aromatic heterocycles. The fraction of sp³-hybridized carbons (Fsp3) is 0.429. The van der Waals surface area contributed by atoms with Gasteiger partial charge in [0.2, 0.25) is 5.91 Å². The number of amides is 1. The summed E-state index contributed by atoms with van der Waals surface area (Å²) >= 11 is 0. The number of anilines is 1. The molecule has 0 radical (unpaired) electrons. The van der Waals surface area contributed by atoms with E-state index in [0.29, 0.717) is 18.9 Å². The maximum atomic E-state index is 13.0. The zero-order valence-electron chi connectivity index (χ0n) is 15.3. The smallest absolute Gasteiger partial charge is 0.227 e. The maximum absolute atomic E-state index is 13.0. The average molecular weight is 353 g/mol. The molecule has 136 valence electrons. The quantitative estimate of drug-likeness (QED) is 0.896. The lowest BCUT2D eigenvalue weighted by atomic mass is 9.80. The first-order valence-electron chi connectivity index (χ1n) is 9.22. The Morgan fingerprint density at radius 2 is 2.08 bits per heavy atom. The van der Waals surface area contributed by atoms with Crippen molar-refractivity contribution in [3.8, 4) is 0 Å². The van der Waals surface area contributed by atoms with Gasteiger partial charge in [-0.3, -0.25) is 4.79 Å². The van der Waals surface area contributed by atoms with Gasteiger partial charge in [-0.25, -0.2) is 9.37 Å². The van der Waals surface area contributed by atoms with Crippen LogP contribution in [0.3, 0.4) is 0 Å². The summed E-state index contributed by atoms with van der Waals surface area (Å²) < 4.78 is 13.0. The number of likely N-dealkylation sites (tertiary alicyclic amines) is 1. The zero-order valence-corrected chi connectivity index (χ0v) is 15.3. The van der Waals surface area contributed by atoms with Gasteiger partial charge in [0, 0.05) is 18.8 Å². The highest BCUT2D eigenvalue weighted by Gasteiger charge is 2.44. The first kappa shape index (κ1) is 17.0. The lowest BCUT2D eigenvalue weighted by molar-refractivity contribution is -0.129. The molecule has 1 N–H and O–H groups in total. The number of halogens is 1. The van der Waals surface area contributed by atoms with Crippen molar-refractivity contribution in [2.75, 3.05) is 18.4 Å². The Morgan fingerprint density at radius 1 is 1.31 bits per heavy atom. The molecule has 1 fully saturated rings. The van der Waals surface area contributed by atoms with Crippen LogP contribution in [0.4, 0.5) is 10.2 Å². The van der Waals surface area contributed by atoms with Crippen molar-refractivity contribution >= 4 is 11.7 Å². The number of hydrogen-bond donors (Lipinski definition) is 1. The Labute approximate surface area is 153 Å². The zero-order chi connectivity index (χ0) is 18.3. The maximum Gasteiger partial charge on any atom is 0.227 e. The second-order valence-electron chi connectivity index (χ2n) is 7.77. The van der Waals surface area contributed by atoms with Gasteiger partial charge in [-0.15, -0.1) is 0 Å². The van der Waals surface area contributed by atoms with E-state index in [9.17, 15) is 9.18 Å². The summed E-state index contributed by atoms with van der Waals surface area (Å²) in [4.78, 5) is 19.3. The molecule has 3 heterocycles. The Balaban J connectivity index is 1.47.